The van der Waals surface area contributed by atoms with Gasteiger partial charge in [-0.25, -0.2) is 9.97 Å². The first kappa shape index (κ1) is 26.1. The number of amides is 1. The van der Waals surface area contributed by atoms with Crippen LogP contribution in [0.25, 0.3) is 22.2 Å². The molecule has 4 aromatic rings. The maximum absolute atomic E-state index is 13.2. The first-order chi connectivity index (χ1) is 19.0. The summed E-state index contributed by atoms with van der Waals surface area (Å²) in [4.78, 5) is 22.5. The highest BCUT2D eigenvalue weighted by Crippen LogP contribution is 2.37. The molecule has 2 N–H and O–H groups in total. The number of aromatic nitrogens is 2. The Labute approximate surface area is 227 Å². The van der Waals surface area contributed by atoms with Crippen molar-refractivity contribution in [2.45, 2.75) is 31.8 Å². The number of anilines is 2. The third kappa shape index (κ3) is 5.52. The van der Waals surface area contributed by atoms with Crippen LogP contribution < -0.4 is 29.6 Å². The summed E-state index contributed by atoms with van der Waals surface area (Å²) in [5.41, 5.74) is 3.31. The van der Waals surface area contributed by atoms with Crippen LogP contribution in [-0.2, 0) is 0 Å². The van der Waals surface area contributed by atoms with Crippen molar-refractivity contribution in [2.75, 3.05) is 39.0 Å². The highest BCUT2D eigenvalue weighted by molar-refractivity contribution is 6.05. The van der Waals surface area contributed by atoms with E-state index in [0.29, 0.717) is 51.4 Å². The van der Waals surface area contributed by atoms with Gasteiger partial charge in [0.15, 0.2) is 23.0 Å². The molecule has 202 valence electrons. The standard InChI is InChI=1S/C30H32N4O5/c1-31-30-33-23-17-26(38-4)25(37-3)16-22(23)28(34-30)18-8-7-9-20(14-18)32-29(35)19-12-13-24(36-2)27(15-19)39-21-10-5-6-11-21/h7-9,12-17,21H,5-6,10-11H2,1-4H3,(H,32,35)(H,31,33,34). The van der Waals surface area contributed by atoms with Crippen LogP contribution in [0.1, 0.15) is 36.0 Å². The van der Waals surface area contributed by atoms with Gasteiger partial charge in [0.2, 0.25) is 5.95 Å². The summed E-state index contributed by atoms with van der Waals surface area (Å²) < 4.78 is 22.6. The normalized spacial score (nSPS) is 13.2. The third-order valence-corrected chi connectivity index (χ3v) is 6.84. The summed E-state index contributed by atoms with van der Waals surface area (Å²) in [5, 5.41) is 6.81. The SMILES string of the molecule is CNc1nc(-c2cccc(NC(=O)c3ccc(OC)c(OC4CCCC4)c3)c2)c2cc(OC)c(OC)cc2n1. The highest BCUT2D eigenvalue weighted by Gasteiger charge is 2.20. The lowest BCUT2D eigenvalue weighted by atomic mass is 10.0. The van der Waals surface area contributed by atoms with Crippen LogP contribution in [0.15, 0.2) is 54.6 Å². The Morgan fingerprint density at radius 3 is 2.31 bits per heavy atom. The number of benzene rings is 3. The van der Waals surface area contributed by atoms with Gasteiger partial charge >= 0.3 is 0 Å². The predicted molar refractivity (Wildman–Crippen MR) is 151 cm³/mol. The molecule has 1 aliphatic rings. The molecule has 5 rings (SSSR count). The number of nitrogens with zero attached hydrogens (tertiary/aromatic N) is 2. The van der Waals surface area contributed by atoms with Crippen molar-refractivity contribution >= 4 is 28.4 Å². The van der Waals surface area contributed by atoms with Crippen LogP contribution >= 0.6 is 0 Å². The number of carbonyl (C=O) groups is 1. The minimum absolute atomic E-state index is 0.151. The minimum atomic E-state index is -0.249. The predicted octanol–water partition coefficient (Wildman–Crippen LogP) is 5.94. The molecule has 1 amide bonds. The van der Waals surface area contributed by atoms with E-state index in [0.717, 1.165) is 36.6 Å². The van der Waals surface area contributed by atoms with Crippen LogP contribution in [0.2, 0.25) is 0 Å². The summed E-state index contributed by atoms with van der Waals surface area (Å²) in [6, 6.07) is 16.5. The average Bonchev–Trinajstić information content (AvgIpc) is 3.49. The van der Waals surface area contributed by atoms with Gasteiger partial charge in [-0.3, -0.25) is 4.79 Å². The van der Waals surface area contributed by atoms with Gasteiger partial charge in [-0.15, -0.1) is 0 Å². The molecule has 0 atom stereocenters. The van der Waals surface area contributed by atoms with Crippen LogP contribution in [0.5, 0.6) is 23.0 Å². The van der Waals surface area contributed by atoms with Gasteiger partial charge in [0.05, 0.1) is 38.6 Å². The summed E-state index contributed by atoms with van der Waals surface area (Å²) in [6.07, 6.45) is 4.48. The maximum Gasteiger partial charge on any atom is 0.255 e. The van der Waals surface area contributed by atoms with E-state index < -0.39 is 0 Å². The van der Waals surface area contributed by atoms with Crippen LogP contribution in [0, 0.1) is 0 Å². The Hall–Kier alpha value is -4.53. The van der Waals surface area contributed by atoms with E-state index in [1.165, 1.54) is 0 Å². The summed E-state index contributed by atoms with van der Waals surface area (Å²) in [6.45, 7) is 0. The fourth-order valence-electron chi connectivity index (χ4n) is 4.83. The van der Waals surface area contributed by atoms with Crippen LogP contribution in [0.4, 0.5) is 11.6 Å². The third-order valence-electron chi connectivity index (χ3n) is 6.84. The number of fused-ring (bicyclic) bond motifs is 1. The van der Waals surface area contributed by atoms with Crippen LogP contribution in [-0.4, -0.2) is 50.4 Å². The van der Waals surface area contributed by atoms with Crippen molar-refractivity contribution in [3.63, 3.8) is 0 Å². The van der Waals surface area contributed by atoms with E-state index in [1.54, 1.807) is 46.6 Å². The quantitative estimate of drug-likeness (QED) is 0.275. The van der Waals surface area contributed by atoms with E-state index in [1.807, 2.05) is 36.4 Å². The Balaban J connectivity index is 1.46. The molecule has 3 aromatic carbocycles. The van der Waals surface area contributed by atoms with E-state index in [4.69, 9.17) is 23.9 Å². The number of nitrogens with one attached hydrogen (secondary N) is 2. The second kappa shape index (κ2) is 11.5. The second-order valence-electron chi connectivity index (χ2n) is 9.30. The van der Waals surface area contributed by atoms with Crippen molar-refractivity contribution in [1.82, 2.24) is 9.97 Å². The second-order valence-corrected chi connectivity index (χ2v) is 9.30. The van der Waals surface area contributed by atoms with E-state index >= 15 is 0 Å². The molecule has 39 heavy (non-hydrogen) atoms. The number of hydrogen-bond donors (Lipinski definition) is 2. The number of ether oxygens (including phenoxy) is 4. The zero-order chi connectivity index (χ0) is 27.4. The number of hydrogen-bond acceptors (Lipinski definition) is 8. The summed E-state index contributed by atoms with van der Waals surface area (Å²) >= 11 is 0. The fourth-order valence-corrected chi connectivity index (χ4v) is 4.83. The van der Waals surface area contributed by atoms with Gasteiger partial charge in [0.25, 0.3) is 5.91 Å². The zero-order valence-corrected chi connectivity index (χ0v) is 22.5. The smallest absolute Gasteiger partial charge is 0.255 e. The molecule has 9 nitrogen and oxygen atoms in total. The molecular formula is C30H32N4O5. The van der Waals surface area contributed by atoms with Crippen molar-refractivity contribution in [1.29, 1.82) is 0 Å². The van der Waals surface area contributed by atoms with Crippen LogP contribution in [0.3, 0.4) is 0 Å². The Kier molecular flexibility index (Phi) is 7.67. The largest absolute Gasteiger partial charge is 0.493 e. The van der Waals surface area contributed by atoms with Crippen molar-refractivity contribution in [3.8, 4) is 34.3 Å². The first-order valence-corrected chi connectivity index (χ1v) is 12.9. The monoisotopic (exact) mass is 528 g/mol. The molecule has 0 spiro atoms. The lowest BCUT2D eigenvalue weighted by Gasteiger charge is -2.17. The van der Waals surface area contributed by atoms with Crippen molar-refractivity contribution < 1.29 is 23.7 Å². The molecule has 0 radical (unpaired) electrons. The number of carbonyl (C=O) groups excluding carboxylic acids is 1. The molecule has 1 saturated carbocycles. The first-order valence-electron chi connectivity index (χ1n) is 12.9. The van der Waals surface area contributed by atoms with Gasteiger partial charge in [0.1, 0.15) is 0 Å². The van der Waals surface area contributed by atoms with Crippen molar-refractivity contribution in [2.24, 2.45) is 0 Å². The van der Waals surface area contributed by atoms with Crippen molar-refractivity contribution in [3.05, 3.63) is 60.2 Å². The summed E-state index contributed by atoms with van der Waals surface area (Å²) in [5.74, 6) is 2.57. The molecule has 0 unspecified atom stereocenters. The van der Waals surface area contributed by atoms with Gasteiger partial charge in [-0.05, 0) is 62.1 Å². The lowest BCUT2D eigenvalue weighted by Crippen LogP contribution is -2.14. The zero-order valence-electron chi connectivity index (χ0n) is 22.5. The molecule has 0 bridgehead atoms. The van der Waals surface area contributed by atoms with E-state index in [-0.39, 0.29) is 12.0 Å². The maximum atomic E-state index is 13.2. The van der Waals surface area contributed by atoms with Gasteiger partial charge in [-0.2, -0.15) is 0 Å². The molecule has 0 aliphatic heterocycles. The van der Waals surface area contributed by atoms with Gasteiger partial charge in [-0.1, -0.05) is 12.1 Å². The van der Waals surface area contributed by atoms with Gasteiger partial charge in [0, 0.05) is 35.3 Å². The molecule has 1 aromatic heterocycles. The Morgan fingerprint density at radius 2 is 1.59 bits per heavy atom. The topological polar surface area (TPSA) is 104 Å². The Morgan fingerprint density at radius 1 is 0.846 bits per heavy atom. The molecular weight excluding hydrogens is 496 g/mol. The molecule has 1 aliphatic carbocycles. The molecule has 9 heteroatoms. The highest BCUT2D eigenvalue weighted by atomic mass is 16.5. The number of rotatable bonds is 9. The van der Waals surface area contributed by atoms with E-state index in [9.17, 15) is 4.79 Å². The van der Waals surface area contributed by atoms with Gasteiger partial charge < -0.3 is 29.6 Å². The van der Waals surface area contributed by atoms with E-state index in [2.05, 4.69) is 15.6 Å². The lowest BCUT2D eigenvalue weighted by molar-refractivity contribution is 0.102. The Bertz CT molecular complexity index is 1500. The summed E-state index contributed by atoms with van der Waals surface area (Å²) in [7, 11) is 6.54. The molecule has 0 saturated heterocycles. The minimum Gasteiger partial charge on any atom is -0.493 e. The average molecular weight is 529 g/mol. The fraction of sp³-hybridized carbons (Fsp3) is 0.300. The molecule has 1 heterocycles. The molecule has 1 fully saturated rings. The number of methoxy groups -OCH3 is 3.